The summed E-state index contributed by atoms with van der Waals surface area (Å²) in [5, 5.41) is -0.739. The first-order chi connectivity index (χ1) is 17.2. The molecule has 0 bridgehead atoms. The molecule has 0 spiro atoms. The van der Waals surface area contributed by atoms with Gasteiger partial charge in [-0.3, -0.25) is 19.2 Å². The molecule has 0 aliphatic heterocycles. The molecular formula is C28H25KO4S4. The summed E-state index contributed by atoms with van der Waals surface area (Å²) >= 11 is 14.6. The van der Waals surface area contributed by atoms with Gasteiger partial charge in [0.15, 0.2) is 0 Å². The van der Waals surface area contributed by atoms with Crippen molar-refractivity contribution in [3.8, 4) is 0 Å². The van der Waals surface area contributed by atoms with E-state index < -0.39 is 0 Å². The fraction of sp³-hybridized carbons (Fsp3) is 0. The molecule has 4 aromatic carbocycles. The van der Waals surface area contributed by atoms with Gasteiger partial charge in [-0.15, -0.1) is 50.5 Å². The molecule has 0 saturated heterocycles. The van der Waals surface area contributed by atoms with Crippen LogP contribution in [0.5, 0.6) is 0 Å². The Bertz CT molecular complexity index is 1030. The molecule has 37 heavy (non-hydrogen) atoms. The Balaban J connectivity index is 0. The molecule has 4 nitrogen and oxygen atoms in total. The Hall–Kier alpha value is -1.40. The first-order valence-electron chi connectivity index (χ1n) is 10.4. The van der Waals surface area contributed by atoms with E-state index in [2.05, 4.69) is 50.5 Å². The summed E-state index contributed by atoms with van der Waals surface area (Å²) in [6.45, 7) is 0. The molecule has 0 fully saturated rings. The zero-order valence-corrected chi connectivity index (χ0v) is 26.7. The molecule has 0 amide bonds. The number of thiol groups is 4. The fourth-order valence-corrected chi connectivity index (χ4v) is 2.92. The van der Waals surface area contributed by atoms with Crippen LogP contribution < -0.4 is 51.4 Å². The Morgan fingerprint density at radius 2 is 0.486 bits per heavy atom. The SMILES string of the molecule is O=C(S)c1ccccc1.O=C(S)c1ccccc1.O=C(S)c1ccccc1.O=C(S)c1ccccc1.[H-].[K+]. The Kier molecular flexibility index (Phi) is 20.7. The van der Waals surface area contributed by atoms with E-state index in [1.54, 1.807) is 48.5 Å². The van der Waals surface area contributed by atoms with Crippen LogP contribution in [0.4, 0.5) is 0 Å². The minimum absolute atomic E-state index is 0. The van der Waals surface area contributed by atoms with E-state index >= 15 is 0 Å². The molecule has 0 aliphatic rings. The number of carbonyl (C=O) groups excluding carboxylic acids is 4. The molecule has 0 unspecified atom stereocenters. The van der Waals surface area contributed by atoms with Crippen molar-refractivity contribution in [3.05, 3.63) is 144 Å². The van der Waals surface area contributed by atoms with E-state index in [4.69, 9.17) is 0 Å². The molecule has 0 radical (unpaired) electrons. The minimum Gasteiger partial charge on any atom is -1.00 e. The summed E-state index contributed by atoms with van der Waals surface area (Å²) < 4.78 is 0. The topological polar surface area (TPSA) is 68.3 Å². The first-order valence-corrected chi connectivity index (χ1v) is 12.1. The molecule has 0 aliphatic carbocycles. The summed E-state index contributed by atoms with van der Waals surface area (Å²) in [6.07, 6.45) is 0. The van der Waals surface area contributed by atoms with Gasteiger partial charge in [0, 0.05) is 22.3 Å². The second-order valence-electron chi connectivity index (χ2n) is 6.68. The molecule has 0 saturated carbocycles. The molecule has 0 atom stereocenters. The molecule has 4 rings (SSSR count). The fourth-order valence-electron chi connectivity index (χ4n) is 2.32. The van der Waals surface area contributed by atoms with Crippen molar-refractivity contribution in [1.29, 1.82) is 0 Å². The molecule has 0 heterocycles. The summed E-state index contributed by atoms with van der Waals surface area (Å²) in [4.78, 5) is 42.0. The van der Waals surface area contributed by atoms with Crippen molar-refractivity contribution in [2.45, 2.75) is 0 Å². The molecule has 4 aromatic rings. The Morgan fingerprint density at radius 3 is 0.568 bits per heavy atom. The van der Waals surface area contributed by atoms with E-state index in [1.165, 1.54) is 0 Å². The summed E-state index contributed by atoms with van der Waals surface area (Å²) in [6, 6.07) is 35.8. The number of benzene rings is 4. The third-order valence-corrected chi connectivity index (χ3v) is 5.12. The van der Waals surface area contributed by atoms with Gasteiger partial charge in [-0.2, -0.15) is 0 Å². The summed E-state index contributed by atoms with van der Waals surface area (Å²) in [5.74, 6) is 0. The maximum absolute atomic E-state index is 10.5. The van der Waals surface area contributed by atoms with Gasteiger partial charge < -0.3 is 1.43 Å². The monoisotopic (exact) mass is 592 g/mol. The zero-order chi connectivity index (χ0) is 26.8. The largest absolute Gasteiger partial charge is 1.00 e. The van der Waals surface area contributed by atoms with E-state index in [-0.39, 0.29) is 73.3 Å². The maximum Gasteiger partial charge on any atom is 1.00 e. The standard InChI is InChI=1S/4C7H6OS.K.H/c4*8-7(9)6-4-2-1-3-5-6;;/h4*1-5H,(H,8,9);;/q;;;;+1;-1. The summed E-state index contributed by atoms with van der Waals surface area (Å²) in [5.41, 5.74) is 2.56. The summed E-state index contributed by atoms with van der Waals surface area (Å²) in [7, 11) is 0. The van der Waals surface area contributed by atoms with Gasteiger partial charge in [-0.1, -0.05) is 121 Å². The van der Waals surface area contributed by atoms with Crippen LogP contribution in [0.2, 0.25) is 0 Å². The number of hydrogen-bond acceptors (Lipinski definition) is 4. The molecule has 9 heteroatoms. The van der Waals surface area contributed by atoms with Crippen molar-refractivity contribution in [2.24, 2.45) is 0 Å². The van der Waals surface area contributed by atoms with Crippen molar-refractivity contribution in [3.63, 3.8) is 0 Å². The number of hydrogen-bond donors (Lipinski definition) is 4. The van der Waals surface area contributed by atoms with Crippen LogP contribution in [0, 0.1) is 0 Å². The quantitative estimate of drug-likeness (QED) is 0.213. The average molecular weight is 593 g/mol. The molecule has 0 aromatic heterocycles. The van der Waals surface area contributed by atoms with Crippen LogP contribution in [-0.2, 0) is 0 Å². The van der Waals surface area contributed by atoms with Gasteiger partial charge in [0.25, 0.3) is 0 Å². The Morgan fingerprint density at radius 1 is 0.351 bits per heavy atom. The second kappa shape index (κ2) is 21.5. The van der Waals surface area contributed by atoms with E-state index in [9.17, 15) is 19.2 Å². The van der Waals surface area contributed by atoms with E-state index in [1.807, 2.05) is 72.8 Å². The van der Waals surface area contributed by atoms with Gasteiger partial charge >= 0.3 is 51.4 Å². The van der Waals surface area contributed by atoms with E-state index in [0.717, 1.165) is 0 Å². The Labute approximate surface area is 283 Å². The third kappa shape index (κ3) is 16.9. The van der Waals surface area contributed by atoms with Crippen LogP contribution in [0.15, 0.2) is 121 Å². The van der Waals surface area contributed by atoms with Crippen LogP contribution in [-0.4, -0.2) is 20.5 Å². The van der Waals surface area contributed by atoms with Gasteiger partial charge in [0.05, 0.1) is 0 Å². The minimum atomic E-state index is -0.185. The van der Waals surface area contributed by atoms with Crippen LogP contribution in [0.25, 0.3) is 0 Å². The van der Waals surface area contributed by atoms with Crippen molar-refractivity contribution >= 4 is 71.0 Å². The maximum atomic E-state index is 10.5. The van der Waals surface area contributed by atoms with Gasteiger partial charge in [-0.25, -0.2) is 0 Å². The van der Waals surface area contributed by atoms with Crippen molar-refractivity contribution < 1.29 is 72.0 Å². The zero-order valence-electron chi connectivity index (χ0n) is 21.0. The van der Waals surface area contributed by atoms with Gasteiger partial charge in [0.2, 0.25) is 20.5 Å². The van der Waals surface area contributed by atoms with Crippen molar-refractivity contribution in [2.75, 3.05) is 0 Å². The first kappa shape index (κ1) is 35.6. The van der Waals surface area contributed by atoms with Crippen LogP contribution in [0.3, 0.4) is 0 Å². The van der Waals surface area contributed by atoms with Crippen LogP contribution in [0.1, 0.15) is 42.9 Å². The predicted octanol–water partition coefficient (Wildman–Crippen LogP) is 4.14. The normalized spacial score (nSPS) is 8.76. The van der Waals surface area contributed by atoms with Crippen molar-refractivity contribution in [1.82, 2.24) is 0 Å². The molecule has 0 N–H and O–H groups in total. The van der Waals surface area contributed by atoms with Gasteiger partial charge in [0.1, 0.15) is 0 Å². The van der Waals surface area contributed by atoms with Crippen LogP contribution >= 0.6 is 50.5 Å². The molecule has 186 valence electrons. The average Bonchev–Trinajstić information content (AvgIpc) is 2.92. The number of rotatable bonds is 4. The number of carbonyl (C=O) groups is 4. The smallest absolute Gasteiger partial charge is 1.00 e. The third-order valence-electron chi connectivity index (χ3n) is 4.08. The molecular weight excluding hydrogens is 568 g/mol. The van der Waals surface area contributed by atoms with E-state index in [0.29, 0.717) is 22.3 Å². The second-order valence-corrected chi connectivity index (χ2v) is 8.31. The predicted molar refractivity (Wildman–Crippen MR) is 160 cm³/mol. The van der Waals surface area contributed by atoms with Gasteiger partial charge in [-0.05, 0) is 0 Å².